The number of piperazine rings is 1. The zero-order valence-corrected chi connectivity index (χ0v) is 23.7. The van der Waals surface area contributed by atoms with E-state index in [0.717, 1.165) is 11.1 Å². The number of benzene rings is 3. The molecule has 39 heavy (non-hydrogen) atoms. The predicted octanol–water partition coefficient (Wildman–Crippen LogP) is 5.14. The maximum absolute atomic E-state index is 13.1. The average molecular weight is 601 g/mol. The Morgan fingerprint density at radius 3 is 2.05 bits per heavy atom. The van der Waals surface area contributed by atoms with E-state index < -0.39 is 10.0 Å². The van der Waals surface area contributed by atoms with Crippen LogP contribution in [0, 0.1) is 0 Å². The lowest BCUT2D eigenvalue weighted by Crippen LogP contribution is -2.51. The van der Waals surface area contributed by atoms with Crippen LogP contribution in [0.3, 0.4) is 0 Å². The van der Waals surface area contributed by atoms with Gasteiger partial charge in [0.1, 0.15) is 16.3 Å². The van der Waals surface area contributed by atoms with Crippen molar-refractivity contribution in [1.29, 1.82) is 0 Å². The number of aromatic nitrogens is 3. The van der Waals surface area contributed by atoms with Gasteiger partial charge in [0, 0.05) is 42.3 Å². The summed E-state index contributed by atoms with van der Waals surface area (Å²) in [5, 5.41) is 9.53. The first kappa shape index (κ1) is 27.5. The van der Waals surface area contributed by atoms with Crippen molar-refractivity contribution in [2.24, 2.45) is 0 Å². The number of nitrogens with zero attached hydrogens (tertiary/aromatic N) is 5. The van der Waals surface area contributed by atoms with Gasteiger partial charge in [0.2, 0.25) is 21.1 Å². The third-order valence-corrected chi connectivity index (χ3v) is 9.63. The van der Waals surface area contributed by atoms with Crippen LogP contribution in [0.25, 0.3) is 22.5 Å². The van der Waals surface area contributed by atoms with E-state index in [1.807, 2.05) is 60.7 Å². The van der Waals surface area contributed by atoms with Gasteiger partial charge >= 0.3 is 0 Å². The van der Waals surface area contributed by atoms with E-state index in [9.17, 15) is 13.2 Å². The molecule has 1 amide bonds. The number of amides is 1. The van der Waals surface area contributed by atoms with Gasteiger partial charge in [0.25, 0.3) is 0 Å². The molecule has 0 atom stereocenters. The fourth-order valence-electron chi connectivity index (χ4n) is 4.18. The molecular formula is C27H23Cl2N5O3S2. The minimum absolute atomic E-state index is 0.00159. The molecule has 0 radical (unpaired) electrons. The van der Waals surface area contributed by atoms with Gasteiger partial charge in [-0.2, -0.15) is 4.31 Å². The van der Waals surface area contributed by atoms with Crippen LogP contribution in [0.5, 0.6) is 0 Å². The molecule has 3 aromatic carbocycles. The average Bonchev–Trinajstić information content (AvgIpc) is 2.96. The first-order valence-electron chi connectivity index (χ1n) is 12.0. The van der Waals surface area contributed by atoms with Crippen molar-refractivity contribution in [2.75, 3.05) is 31.9 Å². The molecule has 1 fully saturated rings. The number of hydrogen-bond donors (Lipinski definition) is 0. The Hall–Kier alpha value is -3.02. The molecule has 2 heterocycles. The van der Waals surface area contributed by atoms with Crippen LogP contribution < -0.4 is 0 Å². The molecule has 0 saturated carbocycles. The van der Waals surface area contributed by atoms with Gasteiger partial charge in [-0.15, -0.1) is 10.2 Å². The first-order chi connectivity index (χ1) is 18.8. The van der Waals surface area contributed by atoms with Crippen molar-refractivity contribution in [2.45, 2.75) is 10.1 Å². The molecule has 0 unspecified atom stereocenters. The molecule has 12 heteroatoms. The molecule has 0 spiro atoms. The number of carbonyl (C=O) groups excluding carboxylic acids is 1. The molecule has 4 aromatic rings. The van der Waals surface area contributed by atoms with Crippen LogP contribution in [-0.4, -0.2) is 70.6 Å². The molecule has 0 aliphatic carbocycles. The second-order valence-electron chi connectivity index (χ2n) is 8.67. The summed E-state index contributed by atoms with van der Waals surface area (Å²) in [5.41, 5.74) is 3.15. The number of sulfonamides is 1. The standard InChI is InChI=1S/C27H23Cl2N5O3S2/c28-21-11-12-23(22(29)17-21)39(36,37)34-15-13-33(14-16-34)24(35)18-38-27-30-25(19-7-3-1-4-8-19)26(31-32-27)20-9-5-2-6-10-20/h1-12,17H,13-16,18H2. The minimum atomic E-state index is -3.80. The van der Waals surface area contributed by atoms with Crippen molar-refractivity contribution >= 4 is 50.9 Å². The molecule has 1 aliphatic rings. The monoisotopic (exact) mass is 599 g/mol. The van der Waals surface area contributed by atoms with E-state index in [-0.39, 0.29) is 47.8 Å². The minimum Gasteiger partial charge on any atom is -0.339 e. The third kappa shape index (κ3) is 6.26. The molecule has 1 aromatic heterocycles. The van der Waals surface area contributed by atoms with E-state index in [0.29, 0.717) is 21.6 Å². The Morgan fingerprint density at radius 2 is 1.44 bits per heavy atom. The van der Waals surface area contributed by atoms with Crippen LogP contribution >= 0.6 is 35.0 Å². The SMILES string of the molecule is O=C(CSc1nnc(-c2ccccc2)c(-c2ccccc2)n1)N1CCN(S(=O)(=O)c2ccc(Cl)cc2Cl)CC1. The van der Waals surface area contributed by atoms with E-state index in [4.69, 9.17) is 28.2 Å². The number of rotatable bonds is 7. The summed E-state index contributed by atoms with van der Waals surface area (Å²) in [6.07, 6.45) is 0. The van der Waals surface area contributed by atoms with Gasteiger partial charge in [-0.25, -0.2) is 13.4 Å². The quantitative estimate of drug-likeness (QED) is 0.271. The number of carbonyl (C=O) groups is 1. The summed E-state index contributed by atoms with van der Waals surface area (Å²) >= 11 is 13.2. The van der Waals surface area contributed by atoms with Gasteiger partial charge in [-0.3, -0.25) is 4.79 Å². The molecule has 1 aliphatic heterocycles. The van der Waals surface area contributed by atoms with E-state index >= 15 is 0 Å². The molecule has 200 valence electrons. The smallest absolute Gasteiger partial charge is 0.244 e. The van der Waals surface area contributed by atoms with Gasteiger partial charge < -0.3 is 4.90 Å². The van der Waals surface area contributed by atoms with Crippen molar-refractivity contribution in [3.8, 4) is 22.5 Å². The lowest BCUT2D eigenvalue weighted by molar-refractivity contribution is -0.129. The Morgan fingerprint density at radius 1 is 0.821 bits per heavy atom. The fourth-order valence-corrected chi connectivity index (χ4v) is 7.04. The highest BCUT2D eigenvalue weighted by molar-refractivity contribution is 7.99. The lowest BCUT2D eigenvalue weighted by atomic mass is 10.0. The van der Waals surface area contributed by atoms with Crippen molar-refractivity contribution < 1.29 is 13.2 Å². The lowest BCUT2D eigenvalue weighted by Gasteiger charge is -2.34. The molecule has 5 rings (SSSR count). The van der Waals surface area contributed by atoms with Gasteiger partial charge in [0.05, 0.1) is 10.8 Å². The summed E-state index contributed by atoms with van der Waals surface area (Å²) in [4.78, 5) is 19.3. The van der Waals surface area contributed by atoms with Crippen LogP contribution in [0.2, 0.25) is 10.0 Å². The number of halogens is 2. The number of thioether (sulfide) groups is 1. The summed E-state index contributed by atoms with van der Waals surface area (Å²) in [6, 6.07) is 23.7. The van der Waals surface area contributed by atoms with E-state index in [1.54, 1.807) is 4.90 Å². The summed E-state index contributed by atoms with van der Waals surface area (Å²) in [5.74, 6) is -0.0188. The maximum atomic E-state index is 13.1. The Balaban J connectivity index is 1.25. The highest BCUT2D eigenvalue weighted by Crippen LogP contribution is 2.30. The molecular weight excluding hydrogens is 577 g/mol. The predicted molar refractivity (Wildman–Crippen MR) is 153 cm³/mol. The Labute approximate surface area is 241 Å². The highest BCUT2D eigenvalue weighted by atomic mass is 35.5. The van der Waals surface area contributed by atoms with Crippen LogP contribution in [0.1, 0.15) is 0 Å². The Bertz CT molecular complexity index is 1580. The second kappa shape index (κ2) is 12.0. The summed E-state index contributed by atoms with van der Waals surface area (Å²) in [7, 11) is -3.80. The normalized spacial score (nSPS) is 14.4. The molecule has 0 N–H and O–H groups in total. The van der Waals surface area contributed by atoms with Gasteiger partial charge in [-0.1, -0.05) is 95.6 Å². The van der Waals surface area contributed by atoms with Crippen LogP contribution in [0.4, 0.5) is 0 Å². The van der Waals surface area contributed by atoms with Crippen molar-refractivity contribution in [3.63, 3.8) is 0 Å². The van der Waals surface area contributed by atoms with E-state index in [2.05, 4.69) is 10.2 Å². The summed E-state index contributed by atoms with van der Waals surface area (Å²) < 4.78 is 27.4. The molecule has 0 bridgehead atoms. The first-order valence-corrected chi connectivity index (χ1v) is 15.2. The van der Waals surface area contributed by atoms with Crippen molar-refractivity contribution in [1.82, 2.24) is 24.4 Å². The summed E-state index contributed by atoms with van der Waals surface area (Å²) in [6.45, 7) is 0.871. The number of hydrogen-bond acceptors (Lipinski definition) is 7. The Kier molecular flexibility index (Phi) is 8.49. The molecule has 8 nitrogen and oxygen atoms in total. The highest BCUT2D eigenvalue weighted by Gasteiger charge is 2.31. The zero-order valence-electron chi connectivity index (χ0n) is 20.6. The molecule has 1 saturated heterocycles. The van der Waals surface area contributed by atoms with Gasteiger partial charge in [0.15, 0.2) is 0 Å². The topological polar surface area (TPSA) is 96.4 Å². The largest absolute Gasteiger partial charge is 0.339 e. The zero-order chi connectivity index (χ0) is 27.4. The van der Waals surface area contributed by atoms with Crippen LogP contribution in [0.15, 0.2) is 88.9 Å². The maximum Gasteiger partial charge on any atom is 0.244 e. The van der Waals surface area contributed by atoms with Gasteiger partial charge in [-0.05, 0) is 18.2 Å². The fraction of sp³-hybridized carbons (Fsp3) is 0.185. The third-order valence-electron chi connectivity index (χ3n) is 6.19. The van der Waals surface area contributed by atoms with Crippen LogP contribution in [-0.2, 0) is 14.8 Å². The van der Waals surface area contributed by atoms with E-state index in [1.165, 1.54) is 34.3 Å². The second-order valence-corrected chi connectivity index (χ2v) is 12.4. The van der Waals surface area contributed by atoms with Crippen molar-refractivity contribution in [3.05, 3.63) is 88.9 Å².